The summed E-state index contributed by atoms with van der Waals surface area (Å²) in [4.78, 5) is 13.8. The van der Waals surface area contributed by atoms with Gasteiger partial charge in [-0.2, -0.15) is 0 Å². The van der Waals surface area contributed by atoms with Crippen molar-refractivity contribution in [3.63, 3.8) is 0 Å². The number of carbonyl (C=O) groups is 1. The van der Waals surface area contributed by atoms with Crippen molar-refractivity contribution in [1.29, 1.82) is 0 Å². The van der Waals surface area contributed by atoms with Gasteiger partial charge in [-0.05, 0) is 31.3 Å². The van der Waals surface area contributed by atoms with Gasteiger partial charge < -0.3 is 4.90 Å². The molecule has 0 unspecified atom stereocenters. The number of halogens is 1. The van der Waals surface area contributed by atoms with Gasteiger partial charge in [0, 0.05) is 12.2 Å². The van der Waals surface area contributed by atoms with Gasteiger partial charge in [0.25, 0.3) is 0 Å². The van der Waals surface area contributed by atoms with E-state index in [9.17, 15) is 4.79 Å². The van der Waals surface area contributed by atoms with Gasteiger partial charge in [0.15, 0.2) is 0 Å². The van der Waals surface area contributed by atoms with Gasteiger partial charge in [-0.1, -0.05) is 38.8 Å². The summed E-state index contributed by atoms with van der Waals surface area (Å²) in [6, 6.07) is 0. The molecule has 18 heavy (non-hydrogen) atoms. The van der Waals surface area contributed by atoms with Crippen LogP contribution in [0.4, 0.5) is 0 Å². The van der Waals surface area contributed by atoms with E-state index in [4.69, 9.17) is 11.6 Å². The summed E-state index contributed by atoms with van der Waals surface area (Å²) in [7, 11) is 0. The van der Waals surface area contributed by atoms with Gasteiger partial charge in [-0.15, -0.1) is 11.6 Å². The molecular formula is C15H24ClNO. The molecule has 3 heteroatoms. The van der Waals surface area contributed by atoms with Gasteiger partial charge in [0.05, 0.1) is 0 Å². The zero-order valence-electron chi connectivity index (χ0n) is 11.9. The highest BCUT2D eigenvalue weighted by Crippen LogP contribution is 2.34. The van der Waals surface area contributed by atoms with E-state index in [1.165, 1.54) is 5.57 Å². The van der Waals surface area contributed by atoms with Crippen LogP contribution in [0.5, 0.6) is 0 Å². The second-order valence-electron chi connectivity index (χ2n) is 5.76. The topological polar surface area (TPSA) is 20.3 Å². The number of hydrogen-bond acceptors (Lipinski definition) is 1. The lowest BCUT2D eigenvalue weighted by atomic mass is 9.81. The number of hydrogen-bond donors (Lipinski definition) is 0. The van der Waals surface area contributed by atoms with E-state index in [0.717, 1.165) is 31.5 Å². The van der Waals surface area contributed by atoms with E-state index in [0.29, 0.717) is 0 Å². The van der Waals surface area contributed by atoms with Gasteiger partial charge >= 0.3 is 0 Å². The molecule has 0 saturated heterocycles. The third-order valence-corrected chi connectivity index (χ3v) is 3.36. The summed E-state index contributed by atoms with van der Waals surface area (Å²) in [5.74, 6) is 0.0482. The Kier molecular flexibility index (Phi) is 5.46. The highest BCUT2D eigenvalue weighted by molar-refractivity contribution is 6.27. The van der Waals surface area contributed by atoms with Crippen molar-refractivity contribution in [3.05, 3.63) is 23.4 Å². The van der Waals surface area contributed by atoms with Crippen LogP contribution >= 0.6 is 11.6 Å². The summed E-state index contributed by atoms with van der Waals surface area (Å²) in [6.45, 7) is 9.41. The molecule has 0 N–H and O–H groups in total. The highest BCUT2D eigenvalue weighted by Gasteiger charge is 2.24. The Morgan fingerprint density at radius 1 is 1.50 bits per heavy atom. The van der Waals surface area contributed by atoms with Crippen LogP contribution in [0.15, 0.2) is 23.4 Å². The van der Waals surface area contributed by atoms with Crippen LogP contribution in [0.1, 0.15) is 47.0 Å². The lowest BCUT2D eigenvalue weighted by Crippen LogP contribution is -2.33. The van der Waals surface area contributed by atoms with Gasteiger partial charge in [0.2, 0.25) is 5.91 Å². The molecule has 0 saturated carbocycles. The fourth-order valence-corrected chi connectivity index (χ4v) is 2.60. The SMILES string of the molecule is CCCCN(C(=O)CCl)C1=CC(C)(C)CC(C)=C1. The van der Waals surface area contributed by atoms with E-state index >= 15 is 0 Å². The van der Waals surface area contributed by atoms with E-state index in [-0.39, 0.29) is 17.2 Å². The molecule has 0 aromatic heterocycles. The largest absolute Gasteiger partial charge is 0.312 e. The Labute approximate surface area is 116 Å². The van der Waals surface area contributed by atoms with E-state index in [1.807, 2.05) is 4.90 Å². The number of carbonyl (C=O) groups excluding carboxylic acids is 1. The predicted molar refractivity (Wildman–Crippen MR) is 77.6 cm³/mol. The van der Waals surface area contributed by atoms with Crippen LogP contribution in [0, 0.1) is 5.41 Å². The molecule has 102 valence electrons. The fourth-order valence-electron chi connectivity index (χ4n) is 2.46. The number of unbranched alkanes of at least 4 members (excludes halogenated alkanes) is 1. The van der Waals surface area contributed by atoms with Crippen molar-refractivity contribution in [2.24, 2.45) is 5.41 Å². The van der Waals surface area contributed by atoms with Crippen LogP contribution in [0.3, 0.4) is 0 Å². The number of alkyl halides is 1. The zero-order valence-corrected chi connectivity index (χ0v) is 12.7. The van der Waals surface area contributed by atoms with Crippen molar-refractivity contribution >= 4 is 17.5 Å². The standard InChI is InChI=1S/C15H24ClNO/c1-5-6-7-17(14(18)11-16)13-8-12(2)9-15(3,4)10-13/h8,10H,5-7,9,11H2,1-4H3. The minimum absolute atomic E-state index is 0.00174. The van der Waals surface area contributed by atoms with Crippen molar-refractivity contribution in [2.75, 3.05) is 12.4 Å². The molecule has 0 aliphatic heterocycles. The Balaban J connectivity index is 2.97. The second kappa shape index (κ2) is 6.42. The first-order valence-electron chi connectivity index (χ1n) is 6.66. The summed E-state index contributed by atoms with van der Waals surface area (Å²) in [5, 5.41) is 0. The molecule has 0 bridgehead atoms. The smallest absolute Gasteiger partial charge is 0.241 e. The van der Waals surface area contributed by atoms with Crippen LogP contribution in [-0.2, 0) is 4.79 Å². The van der Waals surface area contributed by atoms with Crippen LogP contribution in [0.2, 0.25) is 0 Å². The average molecular weight is 270 g/mol. The molecule has 0 radical (unpaired) electrons. The molecule has 0 heterocycles. The fraction of sp³-hybridized carbons (Fsp3) is 0.667. The summed E-state index contributed by atoms with van der Waals surface area (Å²) >= 11 is 5.71. The molecule has 2 nitrogen and oxygen atoms in total. The third kappa shape index (κ3) is 4.16. The van der Waals surface area contributed by atoms with Crippen molar-refractivity contribution in [3.8, 4) is 0 Å². The van der Waals surface area contributed by atoms with Crippen molar-refractivity contribution in [1.82, 2.24) is 4.90 Å². The first-order valence-corrected chi connectivity index (χ1v) is 7.19. The maximum atomic E-state index is 12.0. The minimum Gasteiger partial charge on any atom is -0.312 e. The van der Waals surface area contributed by atoms with Crippen LogP contribution in [-0.4, -0.2) is 23.2 Å². The number of nitrogens with zero attached hydrogens (tertiary/aromatic N) is 1. The van der Waals surface area contributed by atoms with Gasteiger partial charge in [0.1, 0.15) is 5.88 Å². The molecule has 1 rings (SSSR count). The molecule has 1 aliphatic rings. The first kappa shape index (κ1) is 15.3. The summed E-state index contributed by atoms with van der Waals surface area (Å²) in [5.41, 5.74) is 2.45. The zero-order chi connectivity index (χ0) is 13.8. The second-order valence-corrected chi connectivity index (χ2v) is 6.03. The Morgan fingerprint density at radius 2 is 2.17 bits per heavy atom. The summed E-state index contributed by atoms with van der Waals surface area (Å²) < 4.78 is 0. The maximum Gasteiger partial charge on any atom is 0.241 e. The lowest BCUT2D eigenvalue weighted by molar-refractivity contribution is -0.126. The molecule has 1 aliphatic carbocycles. The van der Waals surface area contributed by atoms with Crippen LogP contribution < -0.4 is 0 Å². The highest BCUT2D eigenvalue weighted by atomic mass is 35.5. The molecule has 0 aromatic carbocycles. The Morgan fingerprint density at radius 3 is 2.67 bits per heavy atom. The number of amides is 1. The quantitative estimate of drug-likeness (QED) is 0.688. The lowest BCUT2D eigenvalue weighted by Gasteiger charge is -2.32. The predicted octanol–water partition coefficient (Wildman–Crippen LogP) is 4.11. The van der Waals surface area contributed by atoms with E-state index < -0.39 is 0 Å². The Bertz CT molecular complexity index is 369. The number of rotatable bonds is 5. The molecule has 0 fully saturated rings. The maximum absolute atomic E-state index is 12.0. The summed E-state index contributed by atoms with van der Waals surface area (Å²) in [6.07, 6.45) is 7.44. The van der Waals surface area contributed by atoms with E-state index in [2.05, 4.69) is 39.8 Å². The molecule has 0 aromatic rings. The third-order valence-electron chi connectivity index (χ3n) is 3.13. The molecule has 0 spiro atoms. The number of allylic oxidation sites excluding steroid dienone is 3. The first-order chi connectivity index (χ1) is 8.39. The Hall–Kier alpha value is -0.760. The minimum atomic E-state index is -0.00174. The molecule has 0 atom stereocenters. The van der Waals surface area contributed by atoms with Crippen molar-refractivity contribution < 1.29 is 4.79 Å². The van der Waals surface area contributed by atoms with Gasteiger partial charge in [-0.3, -0.25) is 4.79 Å². The van der Waals surface area contributed by atoms with E-state index in [1.54, 1.807) is 0 Å². The normalized spacial score (nSPS) is 18.1. The molecule has 1 amide bonds. The van der Waals surface area contributed by atoms with Crippen LogP contribution in [0.25, 0.3) is 0 Å². The van der Waals surface area contributed by atoms with Crippen molar-refractivity contribution in [2.45, 2.75) is 47.0 Å². The molecular weight excluding hydrogens is 246 g/mol. The average Bonchev–Trinajstić information content (AvgIpc) is 2.26. The van der Waals surface area contributed by atoms with Gasteiger partial charge in [-0.25, -0.2) is 0 Å². The monoisotopic (exact) mass is 269 g/mol.